The van der Waals surface area contributed by atoms with Crippen LogP contribution in [0.3, 0.4) is 0 Å². The highest BCUT2D eigenvalue weighted by Gasteiger charge is 2.23. The maximum absolute atomic E-state index is 8.84. The maximum atomic E-state index is 8.84. The summed E-state index contributed by atoms with van der Waals surface area (Å²) in [5, 5.41) is 9.19. The molecule has 1 heterocycles. The van der Waals surface area contributed by atoms with Crippen molar-refractivity contribution in [1.82, 2.24) is 4.98 Å². The van der Waals surface area contributed by atoms with Crippen molar-refractivity contribution in [3.63, 3.8) is 0 Å². The number of hydrogen-bond acceptors (Lipinski definition) is 2. The fourth-order valence-electron chi connectivity index (χ4n) is 2.91. The molecule has 0 radical (unpaired) electrons. The van der Waals surface area contributed by atoms with Crippen LogP contribution >= 0.6 is 11.6 Å². The van der Waals surface area contributed by atoms with Crippen LogP contribution in [0.25, 0.3) is 0 Å². The van der Waals surface area contributed by atoms with Gasteiger partial charge in [-0.3, -0.25) is 0 Å². The second kappa shape index (κ2) is 6.20. The van der Waals surface area contributed by atoms with Gasteiger partial charge in [0.05, 0.1) is 5.56 Å². The van der Waals surface area contributed by atoms with E-state index in [9.17, 15) is 0 Å². The molecule has 1 fully saturated rings. The molecular formula is C15H19ClN2. The molecular weight excluding hydrogens is 244 g/mol. The Morgan fingerprint density at radius 1 is 1.33 bits per heavy atom. The zero-order valence-corrected chi connectivity index (χ0v) is 11.6. The topological polar surface area (TPSA) is 36.7 Å². The highest BCUT2D eigenvalue weighted by Crippen LogP contribution is 2.37. The standard InChI is InChI=1S/C15H19ClN2/c1-2-3-11-4-6-12(7-5-11)14-9-8-13(10-17)15(16)18-14/h8-9,11-12H,2-7H2,1H3/t11-,12-. The second-order valence-electron chi connectivity index (χ2n) is 5.19. The summed E-state index contributed by atoms with van der Waals surface area (Å²) in [7, 11) is 0. The lowest BCUT2D eigenvalue weighted by Gasteiger charge is -2.28. The van der Waals surface area contributed by atoms with Crippen LogP contribution in [0.15, 0.2) is 12.1 Å². The molecule has 0 aromatic carbocycles. The van der Waals surface area contributed by atoms with E-state index in [0.717, 1.165) is 11.6 Å². The van der Waals surface area contributed by atoms with Gasteiger partial charge in [-0.15, -0.1) is 0 Å². The van der Waals surface area contributed by atoms with Crippen molar-refractivity contribution in [2.24, 2.45) is 5.92 Å². The molecule has 0 aliphatic heterocycles. The lowest BCUT2D eigenvalue weighted by atomic mass is 9.78. The van der Waals surface area contributed by atoms with Crippen molar-refractivity contribution in [2.45, 2.75) is 51.4 Å². The van der Waals surface area contributed by atoms with Gasteiger partial charge in [0.2, 0.25) is 0 Å². The normalized spacial score (nSPS) is 23.6. The Morgan fingerprint density at radius 3 is 2.61 bits per heavy atom. The molecule has 0 unspecified atom stereocenters. The molecule has 1 saturated carbocycles. The molecule has 2 rings (SSSR count). The van der Waals surface area contributed by atoms with E-state index < -0.39 is 0 Å². The van der Waals surface area contributed by atoms with Crippen molar-refractivity contribution in [2.75, 3.05) is 0 Å². The van der Waals surface area contributed by atoms with Crippen molar-refractivity contribution in [3.05, 3.63) is 28.5 Å². The summed E-state index contributed by atoms with van der Waals surface area (Å²) in [6.45, 7) is 2.26. The van der Waals surface area contributed by atoms with E-state index in [1.165, 1.54) is 38.5 Å². The van der Waals surface area contributed by atoms with Gasteiger partial charge in [0.15, 0.2) is 0 Å². The molecule has 0 bridgehead atoms. The number of hydrogen-bond donors (Lipinski definition) is 0. The van der Waals surface area contributed by atoms with Crippen LogP contribution in [0.2, 0.25) is 5.15 Å². The highest BCUT2D eigenvalue weighted by atomic mass is 35.5. The van der Waals surface area contributed by atoms with Crippen LogP contribution in [0.4, 0.5) is 0 Å². The first-order valence-electron chi connectivity index (χ1n) is 6.81. The van der Waals surface area contributed by atoms with Gasteiger partial charge in [0, 0.05) is 11.6 Å². The quantitative estimate of drug-likeness (QED) is 0.742. The smallest absolute Gasteiger partial charge is 0.147 e. The Bertz CT molecular complexity index is 442. The summed E-state index contributed by atoms with van der Waals surface area (Å²) < 4.78 is 0. The van der Waals surface area contributed by atoms with E-state index in [-0.39, 0.29) is 0 Å². The molecule has 96 valence electrons. The second-order valence-corrected chi connectivity index (χ2v) is 5.55. The van der Waals surface area contributed by atoms with Crippen LogP contribution in [-0.2, 0) is 0 Å². The van der Waals surface area contributed by atoms with Gasteiger partial charge in [-0.1, -0.05) is 31.4 Å². The Morgan fingerprint density at radius 2 is 2.06 bits per heavy atom. The molecule has 18 heavy (non-hydrogen) atoms. The summed E-state index contributed by atoms with van der Waals surface area (Å²) >= 11 is 5.99. The van der Waals surface area contributed by atoms with E-state index >= 15 is 0 Å². The fourth-order valence-corrected chi connectivity index (χ4v) is 3.12. The molecule has 0 amide bonds. The SMILES string of the molecule is CCC[C@H]1CC[C@H](c2ccc(C#N)c(Cl)n2)CC1. The molecule has 0 N–H and O–H groups in total. The summed E-state index contributed by atoms with van der Waals surface area (Å²) in [6.07, 6.45) is 7.67. The maximum Gasteiger partial charge on any atom is 0.147 e. The third-order valence-electron chi connectivity index (χ3n) is 3.95. The Labute approximate surface area is 114 Å². The first-order valence-corrected chi connectivity index (χ1v) is 7.19. The van der Waals surface area contributed by atoms with Gasteiger partial charge in [0.1, 0.15) is 11.2 Å². The van der Waals surface area contributed by atoms with Gasteiger partial charge >= 0.3 is 0 Å². The van der Waals surface area contributed by atoms with Crippen molar-refractivity contribution in [3.8, 4) is 6.07 Å². The van der Waals surface area contributed by atoms with E-state index in [1.807, 2.05) is 6.07 Å². The van der Waals surface area contributed by atoms with E-state index in [2.05, 4.69) is 18.0 Å². The van der Waals surface area contributed by atoms with E-state index in [4.69, 9.17) is 16.9 Å². The molecule has 0 spiro atoms. The van der Waals surface area contributed by atoms with Crippen LogP contribution in [0.1, 0.15) is 62.6 Å². The minimum absolute atomic E-state index is 0.352. The number of nitrogens with zero attached hydrogens (tertiary/aromatic N) is 2. The predicted molar refractivity (Wildman–Crippen MR) is 73.6 cm³/mol. The van der Waals surface area contributed by atoms with Crippen LogP contribution < -0.4 is 0 Å². The Balaban J connectivity index is 2.02. The molecule has 1 aromatic rings. The Hall–Kier alpha value is -1.07. The Kier molecular flexibility index (Phi) is 4.60. The van der Waals surface area contributed by atoms with Crippen LogP contribution in [0, 0.1) is 17.2 Å². The first-order chi connectivity index (χ1) is 8.74. The van der Waals surface area contributed by atoms with Gasteiger partial charge < -0.3 is 0 Å². The number of halogens is 1. The third-order valence-corrected chi connectivity index (χ3v) is 4.24. The number of nitriles is 1. The van der Waals surface area contributed by atoms with E-state index in [0.29, 0.717) is 16.6 Å². The minimum Gasteiger partial charge on any atom is -0.239 e. The van der Waals surface area contributed by atoms with Gasteiger partial charge in [-0.25, -0.2) is 4.98 Å². The summed E-state index contributed by atoms with van der Waals surface area (Å²) in [5.41, 5.74) is 1.54. The van der Waals surface area contributed by atoms with Gasteiger partial charge in [-0.05, 0) is 43.7 Å². The monoisotopic (exact) mass is 262 g/mol. The average molecular weight is 263 g/mol. The molecule has 3 heteroatoms. The molecule has 1 aromatic heterocycles. The van der Waals surface area contributed by atoms with Crippen LogP contribution in [-0.4, -0.2) is 4.98 Å². The van der Waals surface area contributed by atoms with Crippen molar-refractivity contribution < 1.29 is 0 Å². The van der Waals surface area contributed by atoms with Crippen molar-refractivity contribution in [1.29, 1.82) is 5.26 Å². The third kappa shape index (κ3) is 3.03. The fraction of sp³-hybridized carbons (Fsp3) is 0.600. The summed E-state index contributed by atoms with van der Waals surface area (Å²) in [6, 6.07) is 5.82. The number of pyridine rings is 1. The van der Waals surface area contributed by atoms with Gasteiger partial charge in [-0.2, -0.15) is 5.26 Å². The highest BCUT2D eigenvalue weighted by molar-refractivity contribution is 6.30. The summed E-state index contributed by atoms with van der Waals surface area (Å²) in [4.78, 5) is 4.38. The average Bonchev–Trinajstić information content (AvgIpc) is 2.40. The van der Waals surface area contributed by atoms with Crippen LogP contribution in [0.5, 0.6) is 0 Å². The summed E-state index contributed by atoms with van der Waals surface area (Å²) in [5.74, 6) is 1.43. The molecule has 0 saturated heterocycles. The zero-order valence-electron chi connectivity index (χ0n) is 10.8. The molecule has 1 aliphatic carbocycles. The molecule has 1 aliphatic rings. The minimum atomic E-state index is 0.352. The molecule has 0 atom stereocenters. The van der Waals surface area contributed by atoms with E-state index in [1.54, 1.807) is 6.07 Å². The largest absolute Gasteiger partial charge is 0.239 e. The predicted octanol–water partition coefficient (Wildman–Crippen LogP) is 4.68. The zero-order chi connectivity index (χ0) is 13.0. The van der Waals surface area contributed by atoms with Crippen molar-refractivity contribution >= 4 is 11.6 Å². The lowest BCUT2D eigenvalue weighted by molar-refractivity contribution is 0.305. The first kappa shape index (κ1) is 13.4. The lowest BCUT2D eigenvalue weighted by Crippen LogP contribution is -2.14. The molecule has 2 nitrogen and oxygen atoms in total. The number of rotatable bonds is 3. The number of aromatic nitrogens is 1. The van der Waals surface area contributed by atoms with Gasteiger partial charge in [0.25, 0.3) is 0 Å².